The van der Waals surface area contributed by atoms with Crippen molar-refractivity contribution in [3.63, 3.8) is 0 Å². The first-order chi connectivity index (χ1) is 9.79. The van der Waals surface area contributed by atoms with Gasteiger partial charge in [0.25, 0.3) is 5.91 Å². The average Bonchev–Trinajstić information content (AvgIpc) is 2.99. The van der Waals surface area contributed by atoms with Crippen LogP contribution in [0.4, 0.5) is 0 Å². The summed E-state index contributed by atoms with van der Waals surface area (Å²) in [6.45, 7) is 0.275. The van der Waals surface area contributed by atoms with Gasteiger partial charge in [-0.2, -0.15) is 0 Å². The molecule has 0 saturated heterocycles. The number of carbonyl (C=O) groups excluding carboxylic acids is 1. The zero-order valence-corrected chi connectivity index (χ0v) is 10.7. The van der Waals surface area contributed by atoms with Crippen LogP contribution in [0.5, 0.6) is 0 Å². The second kappa shape index (κ2) is 7.07. The molecule has 20 heavy (non-hydrogen) atoms. The predicted molar refractivity (Wildman–Crippen MR) is 70.5 cm³/mol. The van der Waals surface area contributed by atoms with Crippen LogP contribution in [0.1, 0.15) is 28.1 Å². The number of rotatable bonds is 4. The highest BCUT2D eigenvalue weighted by molar-refractivity contribution is 5.94. The molecule has 2 rings (SSSR count). The van der Waals surface area contributed by atoms with Crippen LogP contribution in [0.3, 0.4) is 0 Å². The lowest BCUT2D eigenvalue weighted by molar-refractivity contribution is 0.0946. The van der Waals surface area contributed by atoms with Crippen molar-refractivity contribution in [3.8, 4) is 11.8 Å². The molecule has 2 aromatic rings. The van der Waals surface area contributed by atoms with Crippen molar-refractivity contribution in [1.29, 1.82) is 0 Å². The van der Waals surface area contributed by atoms with E-state index in [2.05, 4.69) is 27.3 Å². The standard InChI is InChI=1S/C14H13N3O3/c18-6-2-1-3-11-7-12(9-15-8-11)14(19)16-10-13-4-5-17-20-13/h4-5,7-9,18H,2,6,10H2,(H,16,19). The first-order valence-corrected chi connectivity index (χ1v) is 6.02. The first kappa shape index (κ1) is 13.8. The Morgan fingerprint density at radius 1 is 1.45 bits per heavy atom. The molecule has 6 heteroatoms. The molecule has 0 spiro atoms. The van der Waals surface area contributed by atoms with E-state index in [4.69, 9.17) is 9.63 Å². The number of aliphatic hydroxyl groups is 1. The van der Waals surface area contributed by atoms with Crippen LogP contribution in [-0.2, 0) is 6.54 Å². The monoisotopic (exact) mass is 271 g/mol. The van der Waals surface area contributed by atoms with Gasteiger partial charge in [-0.3, -0.25) is 9.78 Å². The molecule has 0 fully saturated rings. The zero-order chi connectivity index (χ0) is 14.2. The lowest BCUT2D eigenvalue weighted by Gasteiger charge is -2.02. The van der Waals surface area contributed by atoms with Gasteiger partial charge < -0.3 is 14.9 Å². The maximum Gasteiger partial charge on any atom is 0.253 e. The summed E-state index contributed by atoms with van der Waals surface area (Å²) in [5.41, 5.74) is 1.05. The molecule has 2 heterocycles. The fourth-order valence-electron chi connectivity index (χ4n) is 1.46. The fourth-order valence-corrected chi connectivity index (χ4v) is 1.46. The summed E-state index contributed by atoms with van der Waals surface area (Å²) in [7, 11) is 0. The molecule has 2 aromatic heterocycles. The van der Waals surface area contributed by atoms with Crippen LogP contribution in [0.25, 0.3) is 0 Å². The van der Waals surface area contributed by atoms with Gasteiger partial charge in [-0.1, -0.05) is 17.0 Å². The van der Waals surface area contributed by atoms with Crippen LogP contribution >= 0.6 is 0 Å². The van der Waals surface area contributed by atoms with Crippen LogP contribution < -0.4 is 5.32 Å². The molecule has 0 aliphatic carbocycles. The highest BCUT2D eigenvalue weighted by atomic mass is 16.5. The minimum absolute atomic E-state index is 0.0117. The molecule has 102 valence electrons. The van der Waals surface area contributed by atoms with E-state index < -0.39 is 0 Å². The lowest BCUT2D eigenvalue weighted by Crippen LogP contribution is -2.22. The van der Waals surface area contributed by atoms with E-state index in [9.17, 15) is 4.79 Å². The van der Waals surface area contributed by atoms with Gasteiger partial charge in [0.05, 0.1) is 24.9 Å². The Kier molecular flexibility index (Phi) is 4.87. The number of carbonyl (C=O) groups is 1. The third-order valence-corrected chi connectivity index (χ3v) is 2.38. The van der Waals surface area contributed by atoms with Gasteiger partial charge in [0, 0.05) is 30.4 Å². The molecule has 0 unspecified atom stereocenters. The van der Waals surface area contributed by atoms with Gasteiger partial charge in [0.1, 0.15) is 0 Å². The Hall–Kier alpha value is -2.65. The molecular weight excluding hydrogens is 258 g/mol. The summed E-state index contributed by atoms with van der Waals surface area (Å²) >= 11 is 0. The van der Waals surface area contributed by atoms with Crippen molar-refractivity contribution in [2.75, 3.05) is 6.61 Å². The SMILES string of the molecule is O=C(NCc1ccno1)c1cncc(C#CCCO)c1. The summed E-state index contributed by atoms with van der Waals surface area (Å²) < 4.78 is 4.88. The number of aliphatic hydroxyl groups excluding tert-OH is 1. The number of nitrogens with zero attached hydrogens (tertiary/aromatic N) is 2. The van der Waals surface area contributed by atoms with E-state index in [1.807, 2.05) is 0 Å². The van der Waals surface area contributed by atoms with E-state index in [-0.39, 0.29) is 19.1 Å². The third kappa shape index (κ3) is 3.93. The van der Waals surface area contributed by atoms with E-state index in [1.54, 1.807) is 18.3 Å². The van der Waals surface area contributed by atoms with Crippen molar-refractivity contribution >= 4 is 5.91 Å². The molecule has 0 bridgehead atoms. The van der Waals surface area contributed by atoms with E-state index in [1.165, 1.54) is 12.4 Å². The summed E-state index contributed by atoms with van der Waals surface area (Å²) in [5.74, 6) is 5.92. The Bertz CT molecular complexity index is 627. The second-order valence-corrected chi connectivity index (χ2v) is 3.90. The molecule has 0 radical (unpaired) electrons. The van der Waals surface area contributed by atoms with Gasteiger partial charge in [0.15, 0.2) is 5.76 Å². The maximum absolute atomic E-state index is 11.9. The molecule has 0 aromatic carbocycles. The van der Waals surface area contributed by atoms with Crippen molar-refractivity contribution in [3.05, 3.63) is 47.6 Å². The van der Waals surface area contributed by atoms with Crippen LogP contribution in [0.15, 0.2) is 35.2 Å². The molecule has 0 aliphatic heterocycles. The molecule has 0 aliphatic rings. The quantitative estimate of drug-likeness (QED) is 0.800. The first-order valence-electron chi connectivity index (χ1n) is 6.02. The predicted octanol–water partition coefficient (Wildman–Crippen LogP) is 0.733. The summed E-state index contributed by atoms with van der Waals surface area (Å²) in [5, 5.41) is 14.9. The van der Waals surface area contributed by atoms with E-state index in [0.717, 1.165) is 0 Å². The minimum atomic E-state index is -0.264. The number of amides is 1. The van der Waals surface area contributed by atoms with Crippen molar-refractivity contribution < 1.29 is 14.4 Å². The van der Waals surface area contributed by atoms with Crippen molar-refractivity contribution in [2.45, 2.75) is 13.0 Å². The van der Waals surface area contributed by atoms with Crippen LogP contribution in [0.2, 0.25) is 0 Å². The molecule has 0 saturated carbocycles. The number of hydrogen-bond acceptors (Lipinski definition) is 5. The normalized spacial score (nSPS) is 9.65. The number of hydrogen-bond donors (Lipinski definition) is 2. The fraction of sp³-hybridized carbons (Fsp3) is 0.214. The smallest absolute Gasteiger partial charge is 0.253 e. The van der Waals surface area contributed by atoms with E-state index >= 15 is 0 Å². The van der Waals surface area contributed by atoms with Crippen LogP contribution in [0, 0.1) is 11.8 Å². The van der Waals surface area contributed by atoms with Gasteiger partial charge in [-0.25, -0.2) is 0 Å². The molecule has 0 atom stereocenters. The Morgan fingerprint density at radius 3 is 3.10 bits per heavy atom. The zero-order valence-electron chi connectivity index (χ0n) is 10.7. The number of aromatic nitrogens is 2. The molecular formula is C14H13N3O3. The average molecular weight is 271 g/mol. The largest absolute Gasteiger partial charge is 0.395 e. The Labute approximate surface area is 115 Å². The number of pyridine rings is 1. The highest BCUT2D eigenvalue weighted by Crippen LogP contribution is 2.03. The van der Waals surface area contributed by atoms with Gasteiger partial charge in [-0.15, -0.1) is 0 Å². The highest BCUT2D eigenvalue weighted by Gasteiger charge is 2.07. The topological polar surface area (TPSA) is 88.3 Å². The molecule has 1 amide bonds. The van der Waals surface area contributed by atoms with Crippen molar-refractivity contribution in [2.24, 2.45) is 0 Å². The second-order valence-electron chi connectivity index (χ2n) is 3.90. The van der Waals surface area contributed by atoms with Gasteiger partial charge in [0.2, 0.25) is 0 Å². The lowest BCUT2D eigenvalue weighted by atomic mass is 10.2. The minimum Gasteiger partial charge on any atom is -0.395 e. The maximum atomic E-state index is 11.9. The molecule has 6 nitrogen and oxygen atoms in total. The summed E-state index contributed by atoms with van der Waals surface area (Å²) in [6, 6.07) is 3.32. The molecule has 2 N–H and O–H groups in total. The van der Waals surface area contributed by atoms with Gasteiger partial charge in [-0.05, 0) is 6.07 Å². The summed E-state index contributed by atoms with van der Waals surface area (Å²) in [6.07, 6.45) is 4.94. The third-order valence-electron chi connectivity index (χ3n) is 2.38. The number of nitrogens with one attached hydrogen (secondary N) is 1. The van der Waals surface area contributed by atoms with Crippen molar-refractivity contribution in [1.82, 2.24) is 15.5 Å². The van der Waals surface area contributed by atoms with Crippen LogP contribution in [-0.4, -0.2) is 27.8 Å². The Morgan fingerprint density at radius 2 is 2.35 bits per heavy atom. The summed E-state index contributed by atoms with van der Waals surface area (Å²) in [4.78, 5) is 15.9. The van der Waals surface area contributed by atoms with Gasteiger partial charge >= 0.3 is 0 Å². The Balaban J connectivity index is 1.99. The van der Waals surface area contributed by atoms with E-state index in [0.29, 0.717) is 23.3 Å².